The number of nitrogen functional groups attached to an aromatic ring is 1. The minimum atomic E-state index is -0.591. The molecule has 0 saturated heterocycles. The van der Waals surface area contributed by atoms with Gasteiger partial charge in [0, 0.05) is 5.56 Å². The minimum Gasteiger partial charge on any atom is -0.496 e. The summed E-state index contributed by atoms with van der Waals surface area (Å²) in [7, 11) is 1.61. The first-order chi connectivity index (χ1) is 12.0. The highest BCUT2D eigenvalue weighted by molar-refractivity contribution is 6.04. The van der Waals surface area contributed by atoms with Crippen molar-refractivity contribution in [3.63, 3.8) is 0 Å². The average Bonchev–Trinajstić information content (AvgIpc) is 2.92. The predicted molar refractivity (Wildman–Crippen MR) is 95.8 cm³/mol. The highest BCUT2D eigenvalue weighted by atomic mass is 16.5. The van der Waals surface area contributed by atoms with Crippen LogP contribution in [-0.4, -0.2) is 24.7 Å². The van der Waals surface area contributed by atoms with Crippen LogP contribution in [0.15, 0.2) is 28.7 Å². The van der Waals surface area contributed by atoms with Gasteiger partial charge >= 0.3 is 5.97 Å². The molecule has 0 atom stereocenters. The molecule has 3 aromatic rings. The lowest BCUT2D eigenvalue weighted by molar-refractivity contribution is 0.0494. The van der Waals surface area contributed by atoms with Gasteiger partial charge in [0.05, 0.1) is 30.5 Å². The number of pyridine rings is 1. The molecule has 130 valence electrons. The fourth-order valence-corrected chi connectivity index (χ4v) is 2.82. The number of carbonyl (C=O) groups is 1. The van der Waals surface area contributed by atoms with E-state index in [0.717, 1.165) is 16.7 Å². The van der Waals surface area contributed by atoms with Gasteiger partial charge in [0.25, 0.3) is 0 Å². The van der Waals surface area contributed by atoms with Crippen LogP contribution in [0.2, 0.25) is 0 Å². The van der Waals surface area contributed by atoms with Gasteiger partial charge in [0.15, 0.2) is 0 Å². The largest absolute Gasteiger partial charge is 0.496 e. The van der Waals surface area contributed by atoms with E-state index in [9.17, 15) is 4.79 Å². The van der Waals surface area contributed by atoms with Crippen molar-refractivity contribution in [3.8, 4) is 17.0 Å². The van der Waals surface area contributed by atoms with Crippen molar-refractivity contribution in [2.75, 3.05) is 19.5 Å². The second-order valence-electron chi connectivity index (χ2n) is 5.77. The average molecular weight is 340 g/mol. The molecule has 0 radical (unpaired) electrons. The van der Waals surface area contributed by atoms with Gasteiger partial charge < -0.3 is 19.6 Å². The third-order valence-corrected chi connectivity index (χ3v) is 3.99. The second kappa shape index (κ2) is 6.47. The van der Waals surface area contributed by atoms with Gasteiger partial charge in [-0.05, 0) is 44.5 Å². The standard InChI is InChI=1S/C19H20N2O4/c1-5-24-19(22)17-16(20)15-11(3)9-13(21-18(15)25-17)12-8-10(2)6-7-14(12)23-4/h6-9H,5,20H2,1-4H3. The van der Waals surface area contributed by atoms with Gasteiger partial charge in [0.2, 0.25) is 11.5 Å². The molecule has 25 heavy (non-hydrogen) atoms. The van der Waals surface area contributed by atoms with Crippen molar-refractivity contribution in [3.05, 3.63) is 41.2 Å². The number of hydrogen-bond donors (Lipinski definition) is 1. The van der Waals surface area contributed by atoms with Gasteiger partial charge in [-0.1, -0.05) is 11.6 Å². The number of nitrogens with two attached hydrogens (primary N) is 1. The number of furan rings is 1. The Labute approximate surface area is 145 Å². The number of methoxy groups -OCH3 is 1. The summed E-state index contributed by atoms with van der Waals surface area (Å²) in [5, 5.41) is 0.624. The minimum absolute atomic E-state index is 0.0131. The van der Waals surface area contributed by atoms with Crippen molar-refractivity contribution in [1.29, 1.82) is 0 Å². The third-order valence-electron chi connectivity index (χ3n) is 3.99. The molecule has 0 aliphatic carbocycles. The maximum Gasteiger partial charge on any atom is 0.376 e. The fraction of sp³-hybridized carbons (Fsp3) is 0.263. The van der Waals surface area contributed by atoms with E-state index in [2.05, 4.69) is 4.98 Å². The molecule has 3 rings (SSSR count). The lowest BCUT2D eigenvalue weighted by atomic mass is 10.0. The summed E-state index contributed by atoms with van der Waals surface area (Å²) in [5.74, 6) is 0.106. The number of esters is 1. The molecule has 0 aliphatic heterocycles. The van der Waals surface area contributed by atoms with Gasteiger partial charge in [-0.2, -0.15) is 0 Å². The first kappa shape index (κ1) is 16.8. The van der Waals surface area contributed by atoms with Crippen LogP contribution in [-0.2, 0) is 4.74 Å². The zero-order chi connectivity index (χ0) is 18.1. The van der Waals surface area contributed by atoms with E-state index in [4.69, 9.17) is 19.6 Å². The number of fused-ring (bicyclic) bond motifs is 1. The Bertz CT molecular complexity index is 960. The number of anilines is 1. The van der Waals surface area contributed by atoms with Crippen molar-refractivity contribution < 1.29 is 18.7 Å². The number of carbonyl (C=O) groups excluding carboxylic acids is 1. The first-order valence-corrected chi connectivity index (χ1v) is 7.98. The summed E-state index contributed by atoms with van der Waals surface area (Å²) in [5.41, 5.74) is 10.1. The van der Waals surface area contributed by atoms with Crippen LogP contribution in [0.4, 0.5) is 5.69 Å². The topological polar surface area (TPSA) is 87.6 Å². The lowest BCUT2D eigenvalue weighted by Crippen LogP contribution is -2.05. The summed E-state index contributed by atoms with van der Waals surface area (Å²) in [6, 6.07) is 7.76. The van der Waals surface area contributed by atoms with Crippen molar-refractivity contribution in [2.24, 2.45) is 0 Å². The Hall–Kier alpha value is -3.02. The van der Waals surface area contributed by atoms with Crippen LogP contribution in [0.3, 0.4) is 0 Å². The Morgan fingerprint density at radius 3 is 2.72 bits per heavy atom. The summed E-state index contributed by atoms with van der Waals surface area (Å²) in [4.78, 5) is 16.5. The summed E-state index contributed by atoms with van der Waals surface area (Å²) < 4.78 is 16.0. The fourth-order valence-electron chi connectivity index (χ4n) is 2.82. The van der Waals surface area contributed by atoms with Crippen LogP contribution in [0.1, 0.15) is 28.6 Å². The molecule has 0 aliphatic rings. The molecule has 6 heteroatoms. The highest BCUT2D eigenvalue weighted by Crippen LogP contribution is 2.36. The molecule has 0 amide bonds. The molecule has 0 unspecified atom stereocenters. The molecule has 2 aromatic heterocycles. The molecule has 2 heterocycles. The molecule has 0 fully saturated rings. The summed E-state index contributed by atoms with van der Waals surface area (Å²) in [6.07, 6.45) is 0. The van der Waals surface area contributed by atoms with Crippen LogP contribution < -0.4 is 10.5 Å². The first-order valence-electron chi connectivity index (χ1n) is 7.98. The summed E-state index contributed by atoms with van der Waals surface area (Å²) >= 11 is 0. The normalized spacial score (nSPS) is 10.9. The van der Waals surface area contributed by atoms with Crippen molar-refractivity contribution in [2.45, 2.75) is 20.8 Å². The van der Waals surface area contributed by atoms with Gasteiger partial charge in [-0.25, -0.2) is 9.78 Å². The number of ether oxygens (including phenoxy) is 2. The number of rotatable bonds is 4. The molecule has 0 saturated carbocycles. The Balaban J connectivity index is 2.21. The Kier molecular flexibility index (Phi) is 4.35. The van der Waals surface area contributed by atoms with E-state index in [-0.39, 0.29) is 18.1 Å². The molecule has 6 nitrogen and oxygen atoms in total. The number of aryl methyl sites for hydroxylation is 2. The van der Waals surface area contributed by atoms with E-state index in [0.29, 0.717) is 22.5 Å². The third kappa shape index (κ3) is 2.91. The van der Waals surface area contributed by atoms with E-state index in [1.54, 1.807) is 14.0 Å². The Morgan fingerprint density at radius 1 is 1.28 bits per heavy atom. The quantitative estimate of drug-likeness (QED) is 0.725. The van der Waals surface area contributed by atoms with Crippen molar-refractivity contribution in [1.82, 2.24) is 4.98 Å². The molecule has 0 spiro atoms. The monoisotopic (exact) mass is 340 g/mol. The predicted octanol–water partition coefficient (Wildman–Crippen LogP) is 3.88. The number of nitrogens with zero attached hydrogens (tertiary/aromatic N) is 1. The zero-order valence-corrected chi connectivity index (χ0v) is 14.7. The number of benzene rings is 1. The van der Waals surface area contributed by atoms with E-state index < -0.39 is 5.97 Å². The number of aromatic nitrogens is 1. The smallest absolute Gasteiger partial charge is 0.376 e. The highest BCUT2D eigenvalue weighted by Gasteiger charge is 2.23. The molecule has 1 aromatic carbocycles. The second-order valence-corrected chi connectivity index (χ2v) is 5.77. The molecule has 2 N–H and O–H groups in total. The van der Waals surface area contributed by atoms with E-state index in [1.165, 1.54) is 0 Å². The zero-order valence-electron chi connectivity index (χ0n) is 14.7. The Morgan fingerprint density at radius 2 is 2.04 bits per heavy atom. The van der Waals surface area contributed by atoms with Crippen LogP contribution >= 0.6 is 0 Å². The van der Waals surface area contributed by atoms with Gasteiger partial charge in [0.1, 0.15) is 5.75 Å². The SMILES string of the molecule is CCOC(=O)c1oc2nc(-c3cc(C)ccc3OC)cc(C)c2c1N. The molecule has 0 bridgehead atoms. The molecular weight excluding hydrogens is 320 g/mol. The van der Waals surface area contributed by atoms with E-state index >= 15 is 0 Å². The maximum atomic E-state index is 12.0. The molecular formula is C19H20N2O4. The lowest BCUT2D eigenvalue weighted by Gasteiger charge is -2.10. The van der Waals surface area contributed by atoms with Crippen LogP contribution in [0, 0.1) is 13.8 Å². The number of hydrogen-bond acceptors (Lipinski definition) is 6. The van der Waals surface area contributed by atoms with Crippen molar-refractivity contribution >= 4 is 22.8 Å². The van der Waals surface area contributed by atoms with Crippen LogP contribution in [0.25, 0.3) is 22.4 Å². The maximum absolute atomic E-state index is 12.0. The van der Waals surface area contributed by atoms with E-state index in [1.807, 2.05) is 38.1 Å². The van der Waals surface area contributed by atoms with Gasteiger partial charge in [-0.15, -0.1) is 0 Å². The summed E-state index contributed by atoms with van der Waals surface area (Å²) in [6.45, 7) is 5.87. The van der Waals surface area contributed by atoms with Gasteiger partial charge in [-0.3, -0.25) is 0 Å². The van der Waals surface area contributed by atoms with Crippen LogP contribution in [0.5, 0.6) is 5.75 Å².